The van der Waals surface area contributed by atoms with E-state index in [4.69, 9.17) is 0 Å². The molecule has 0 saturated heterocycles. The Morgan fingerprint density at radius 1 is 0.731 bits per heavy atom. The van der Waals surface area contributed by atoms with Gasteiger partial charge in [0, 0.05) is 11.1 Å². The molecule has 0 N–H and O–H groups in total. The first-order valence-corrected chi connectivity index (χ1v) is 10.4. The lowest BCUT2D eigenvalue weighted by Crippen LogP contribution is -2.15. The lowest BCUT2D eigenvalue weighted by molar-refractivity contribution is 0.252. The van der Waals surface area contributed by atoms with Crippen molar-refractivity contribution < 1.29 is 0 Å². The second-order valence-corrected chi connectivity index (χ2v) is 8.03. The first-order chi connectivity index (χ1) is 12.7. The van der Waals surface area contributed by atoms with E-state index in [1.54, 1.807) is 0 Å². The van der Waals surface area contributed by atoms with Gasteiger partial charge in [-0.3, -0.25) is 0 Å². The maximum absolute atomic E-state index is 3.28. The van der Waals surface area contributed by atoms with Crippen molar-refractivity contribution in [3.8, 4) is 11.8 Å². The molecule has 0 nitrogen and oxygen atoms in total. The molecule has 1 aliphatic carbocycles. The molecule has 3 rings (SSSR count). The first kappa shape index (κ1) is 18.8. The van der Waals surface area contributed by atoms with E-state index in [0.717, 1.165) is 23.0 Å². The molecule has 1 saturated carbocycles. The highest BCUT2D eigenvalue weighted by Gasteiger charge is 2.20. The third kappa shape index (κ3) is 5.77. The predicted octanol–water partition coefficient (Wildman–Crippen LogP) is 6.93. The maximum Gasteiger partial charge on any atom is 0.0249 e. The third-order valence-electron chi connectivity index (χ3n) is 5.86. The molecule has 2 aromatic carbocycles. The molecule has 0 heteroatoms. The van der Waals surface area contributed by atoms with Crippen LogP contribution in [0.3, 0.4) is 0 Å². The minimum atomic E-state index is 0.948. The zero-order valence-electron chi connectivity index (χ0n) is 16.4. The van der Waals surface area contributed by atoms with Crippen molar-refractivity contribution in [3.05, 3.63) is 70.8 Å². The maximum atomic E-state index is 3.28. The molecule has 0 amide bonds. The summed E-state index contributed by atoms with van der Waals surface area (Å²) in [7, 11) is 0. The van der Waals surface area contributed by atoms with Crippen LogP contribution in [-0.4, -0.2) is 0 Å². The van der Waals surface area contributed by atoms with E-state index in [-0.39, 0.29) is 0 Å². The normalized spacial score (nSPS) is 19.6. The molecule has 0 atom stereocenters. The molecule has 2 aromatic rings. The van der Waals surface area contributed by atoms with Gasteiger partial charge < -0.3 is 0 Å². The second kappa shape index (κ2) is 9.63. The molecule has 0 aliphatic heterocycles. The average molecular weight is 345 g/mol. The Hall–Kier alpha value is -2.00. The van der Waals surface area contributed by atoms with Gasteiger partial charge in [0.2, 0.25) is 0 Å². The molecule has 0 heterocycles. The lowest BCUT2D eigenvalue weighted by Gasteiger charge is -2.28. The minimum absolute atomic E-state index is 0.948. The molecule has 1 aliphatic rings. The zero-order chi connectivity index (χ0) is 18.2. The van der Waals surface area contributed by atoms with Gasteiger partial charge in [0.05, 0.1) is 0 Å². The van der Waals surface area contributed by atoms with Crippen LogP contribution in [0.15, 0.2) is 48.5 Å². The summed E-state index contributed by atoms with van der Waals surface area (Å²) in [6.45, 7) is 4.42. The molecular weight excluding hydrogens is 312 g/mol. The van der Waals surface area contributed by atoms with Gasteiger partial charge in [0.1, 0.15) is 0 Å². The number of hydrogen-bond donors (Lipinski definition) is 0. The molecular formula is C26H32. The summed E-state index contributed by atoms with van der Waals surface area (Å²) in [4.78, 5) is 0. The highest BCUT2D eigenvalue weighted by molar-refractivity contribution is 5.43. The summed E-state index contributed by atoms with van der Waals surface area (Å²) in [5.74, 6) is 8.50. The van der Waals surface area contributed by atoms with Gasteiger partial charge in [0.25, 0.3) is 0 Å². The van der Waals surface area contributed by atoms with Crippen LogP contribution in [0.2, 0.25) is 0 Å². The lowest BCUT2D eigenvalue weighted by atomic mass is 9.78. The minimum Gasteiger partial charge on any atom is -0.0654 e. The molecule has 26 heavy (non-hydrogen) atoms. The molecule has 136 valence electrons. The van der Waals surface area contributed by atoms with Gasteiger partial charge in [-0.2, -0.15) is 0 Å². The zero-order valence-corrected chi connectivity index (χ0v) is 16.4. The number of rotatable bonds is 5. The Morgan fingerprint density at radius 2 is 1.23 bits per heavy atom. The smallest absolute Gasteiger partial charge is 0.0249 e. The van der Waals surface area contributed by atoms with Gasteiger partial charge in [-0.1, -0.05) is 87.1 Å². The van der Waals surface area contributed by atoms with Crippen LogP contribution in [0.25, 0.3) is 0 Å². The van der Waals surface area contributed by atoms with E-state index in [1.165, 1.54) is 62.5 Å². The Morgan fingerprint density at radius 3 is 1.77 bits per heavy atom. The van der Waals surface area contributed by atoms with Crippen molar-refractivity contribution in [2.45, 2.75) is 65.2 Å². The van der Waals surface area contributed by atoms with E-state index < -0.39 is 0 Å². The summed E-state index contributed by atoms with van der Waals surface area (Å²) in [5, 5.41) is 0. The topological polar surface area (TPSA) is 0 Å². The quantitative estimate of drug-likeness (QED) is 0.516. The average Bonchev–Trinajstić information content (AvgIpc) is 2.68. The van der Waals surface area contributed by atoms with Crippen molar-refractivity contribution in [2.75, 3.05) is 0 Å². The van der Waals surface area contributed by atoms with Gasteiger partial charge in [-0.25, -0.2) is 0 Å². The molecule has 0 spiro atoms. The van der Waals surface area contributed by atoms with Crippen LogP contribution in [0.5, 0.6) is 0 Å². The van der Waals surface area contributed by atoms with Crippen molar-refractivity contribution in [1.29, 1.82) is 0 Å². The van der Waals surface area contributed by atoms with Gasteiger partial charge in [0.15, 0.2) is 0 Å². The molecule has 0 aromatic heterocycles. The molecule has 0 bridgehead atoms. The van der Waals surface area contributed by atoms with Crippen LogP contribution in [0.4, 0.5) is 0 Å². The van der Waals surface area contributed by atoms with E-state index in [0.29, 0.717) is 0 Å². The Balaban J connectivity index is 1.47. The Labute approximate surface area is 160 Å². The van der Waals surface area contributed by atoms with Crippen LogP contribution < -0.4 is 0 Å². The van der Waals surface area contributed by atoms with E-state index >= 15 is 0 Å². The monoisotopic (exact) mass is 344 g/mol. The summed E-state index contributed by atoms with van der Waals surface area (Å²) in [6, 6.07) is 17.3. The van der Waals surface area contributed by atoms with E-state index in [9.17, 15) is 0 Å². The van der Waals surface area contributed by atoms with Gasteiger partial charge >= 0.3 is 0 Å². The molecule has 0 radical (unpaired) electrons. The molecule has 1 fully saturated rings. The third-order valence-corrected chi connectivity index (χ3v) is 5.86. The fourth-order valence-corrected chi connectivity index (χ4v) is 4.12. The highest BCUT2D eigenvalue weighted by Crippen LogP contribution is 2.33. The van der Waals surface area contributed by atoms with Gasteiger partial charge in [-0.15, -0.1) is 0 Å². The fraction of sp³-hybridized carbons (Fsp3) is 0.462. The Bertz CT molecular complexity index is 716. The van der Waals surface area contributed by atoms with E-state index in [2.05, 4.69) is 74.2 Å². The van der Waals surface area contributed by atoms with Crippen molar-refractivity contribution in [2.24, 2.45) is 11.8 Å². The number of aryl methyl sites for hydroxylation is 2. The second-order valence-electron chi connectivity index (χ2n) is 8.03. The largest absolute Gasteiger partial charge is 0.0654 e. The highest BCUT2D eigenvalue weighted by atomic mass is 14.3. The number of benzene rings is 2. The summed E-state index contributed by atoms with van der Waals surface area (Å²) < 4.78 is 0. The summed E-state index contributed by atoms with van der Waals surface area (Å²) in [6.07, 6.45) is 11.2. The van der Waals surface area contributed by atoms with Crippen molar-refractivity contribution in [1.82, 2.24) is 0 Å². The van der Waals surface area contributed by atoms with Crippen molar-refractivity contribution >= 4 is 0 Å². The Kier molecular flexibility index (Phi) is 6.96. The first-order valence-electron chi connectivity index (χ1n) is 10.4. The number of hydrogen-bond acceptors (Lipinski definition) is 0. The SMILES string of the molecule is CCC[C@H]1CC[C@H](CCc2ccc(C#Cc3ccc(C)cc3)cc2)CC1. The summed E-state index contributed by atoms with van der Waals surface area (Å²) in [5.41, 5.74) is 4.92. The van der Waals surface area contributed by atoms with Gasteiger partial charge in [-0.05, 0) is 61.4 Å². The standard InChI is InChI=1S/C26H32/c1-3-4-22-9-11-24(12-10-22)15-16-26-19-17-25(18-20-26)14-13-23-7-5-21(2)6-8-23/h5-8,17-20,22,24H,3-4,9-12,15-16H2,1-2H3/t22-,24-. The van der Waals surface area contributed by atoms with Crippen LogP contribution in [0, 0.1) is 30.6 Å². The van der Waals surface area contributed by atoms with Crippen LogP contribution in [-0.2, 0) is 6.42 Å². The van der Waals surface area contributed by atoms with Crippen LogP contribution >= 0.6 is 0 Å². The predicted molar refractivity (Wildman–Crippen MR) is 112 cm³/mol. The summed E-state index contributed by atoms with van der Waals surface area (Å²) >= 11 is 0. The fourth-order valence-electron chi connectivity index (χ4n) is 4.12. The van der Waals surface area contributed by atoms with E-state index in [1.807, 2.05) is 0 Å². The van der Waals surface area contributed by atoms with Crippen molar-refractivity contribution in [3.63, 3.8) is 0 Å². The van der Waals surface area contributed by atoms with Crippen LogP contribution in [0.1, 0.15) is 74.1 Å². The molecule has 0 unspecified atom stereocenters.